The number of carboxylic acid groups (broad SMARTS) is 1. The van der Waals surface area contributed by atoms with Crippen LogP contribution in [0.15, 0.2) is 61.7 Å². The van der Waals surface area contributed by atoms with Crippen LogP contribution in [0.5, 0.6) is 0 Å². The van der Waals surface area contributed by atoms with Crippen molar-refractivity contribution in [2.24, 2.45) is 4.99 Å². The van der Waals surface area contributed by atoms with Crippen molar-refractivity contribution in [3.63, 3.8) is 0 Å². The molecule has 3 heterocycles. The Morgan fingerprint density at radius 1 is 1.38 bits per heavy atom. The Balaban J connectivity index is 1.83. The molecule has 2 N–H and O–H groups in total. The third-order valence-electron chi connectivity index (χ3n) is 5.52. The fourth-order valence-corrected chi connectivity index (χ4v) is 4.48. The van der Waals surface area contributed by atoms with Gasteiger partial charge in [0.2, 0.25) is 0 Å². The van der Waals surface area contributed by atoms with Crippen molar-refractivity contribution in [1.82, 2.24) is 10.2 Å². The van der Waals surface area contributed by atoms with Gasteiger partial charge in [0.15, 0.2) is 11.6 Å². The molecule has 1 saturated heterocycles. The van der Waals surface area contributed by atoms with Gasteiger partial charge in [-0.15, -0.1) is 0 Å². The van der Waals surface area contributed by atoms with Gasteiger partial charge in [0, 0.05) is 23.3 Å². The van der Waals surface area contributed by atoms with Crippen molar-refractivity contribution in [2.45, 2.75) is 19.0 Å². The van der Waals surface area contributed by atoms with Gasteiger partial charge in [-0.25, -0.2) is 9.18 Å². The summed E-state index contributed by atoms with van der Waals surface area (Å²) in [5, 5.41) is 12.8. The second-order valence-corrected chi connectivity index (χ2v) is 8.51. The Hall–Kier alpha value is -3.02. The van der Waals surface area contributed by atoms with E-state index in [4.69, 9.17) is 18.9 Å². The normalized spacial score (nSPS) is 21.1. The zero-order chi connectivity index (χ0) is 24.2. The summed E-state index contributed by atoms with van der Waals surface area (Å²) >= 11 is 3.38. The number of halogens is 2. The summed E-state index contributed by atoms with van der Waals surface area (Å²) in [6.07, 6.45) is 1.50. The number of nitrogens with zero attached hydrogens (tertiary/aromatic N) is 2. The van der Waals surface area contributed by atoms with Gasteiger partial charge in [0.1, 0.15) is 17.9 Å². The Morgan fingerprint density at radius 3 is 2.88 bits per heavy atom. The first-order valence-corrected chi connectivity index (χ1v) is 11.5. The summed E-state index contributed by atoms with van der Waals surface area (Å²) in [5.41, 5.74) is 1.18. The maximum absolute atomic E-state index is 13.8. The molecule has 2 atom stereocenters. The number of rotatable bonds is 7. The summed E-state index contributed by atoms with van der Waals surface area (Å²) < 4.78 is 30.4. The lowest BCUT2D eigenvalue weighted by Gasteiger charge is -2.35. The molecular weight excluding hydrogens is 513 g/mol. The van der Waals surface area contributed by atoms with E-state index in [2.05, 4.69) is 21.2 Å². The number of ether oxygens (including phenoxy) is 2. The number of morpholine rings is 1. The van der Waals surface area contributed by atoms with Crippen LogP contribution in [0.4, 0.5) is 4.39 Å². The molecule has 9 nitrogen and oxygen atoms in total. The number of nitrogens with one attached hydrogen (secondary N) is 1. The zero-order valence-corrected chi connectivity index (χ0v) is 19.9. The molecule has 1 aromatic carbocycles. The minimum atomic E-state index is -1.02. The van der Waals surface area contributed by atoms with Gasteiger partial charge in [-0.05, 0) is 36.8 Å². The average Bonchev–Trinajstić information content (AvgIpc) is 3.34. The number of aliphatic imine (C=N–C) groups is 1. The number of esters is 1. The summed E-state index contributed by atoms with van der Waals surface area (Å²) in [4.78, 5) is 31.4. The number of aliphatic carboxylic acids is 1. The smallest absolute Gasteiger partial charge is 0.338 e. The number of furan rings is 1. The molecule has 0 bridgehead atoms. The molecule has 2 aromatic rings. The number of carboxylic acids is 1. The largest absolute Gasteiger partial charge is 0.480 e. The first-order valence-electron chi connectivity index (χ1n) is 10.7. The first kappa shape index (κ1) is 24.1. The van der Waals surface area contributed by atoms with Crippen molar-refractivity contribution >= 4 is 33.7 Å². The predicted molar refractivity (Wildman–Crippen MR) is 123 cm³/mol. The molecule has 0 saturated carbocycles. The molecule has 0 aliphatic carbocycles. The van der Waals surface area contributed by atoms with Gasteiger partial charge in [0.25, 0.3) is 0 Å². The number of carbonyl (C=O) groups is 2. The second kappa shape index (κ2) is 10.5. The van der Waals surface area contributed by atoms with Crippen LogP contribution >= 0.6 is 15.9 Å². The van der Waals surface area contributed by atoms with Crippen LogP contribution in [0.1, 0.15) is 24.3 Å². The van der Waals surface area contributed by atoms with E-state index in [9.17, 15) is 19.1 Å². The van der Waals surface area contributed by atoms with Crippen molar-refractivity contribution in [3.8, 4) is 0 Å². The molecule has 34 heavy (non-hydrogen) atoms. The van der Waals surface area contributed by atoms with Crippen LogP contribution in [-0.4, -0.2) is 66.7 Å². The van der Waals surface area contributed by atoms with E-state index in [1.54, 1.807) is 30.0 Å². The molecule has 2 aliphatic rings. The Labute approximate surface area is 203 Å². The van der Waals surface area contributed by atoms with Gasteiger partial charge >= 0.3 is 11.9 Å². The van der Waals surface area contributed by atoms with Crippen LogP contribution in [0.3, 0.4) is 0 Å². The number of benzene rings is 1. The average molecular weight is 536 g/mol. The highest BCUT2D eigenvalue weighted by molar-refractivity contribution is 9.10. The molecule has 2 aliphatic heterocycles. The van der Waals surface area contributed by atoms with E-state index >= 15 is 0 Å². The monoisotopic (exact) mass is 535 g/mol. The summed E-state index contributed by atoms with van der Waals surface area (Å²) in [5.74, 6) is -1.28. The molecular formula is C23H23BrFN3O6. The molecule has 1 aromatic heterocycles. The highest BCUT2D eigenvalue weighted by Gasteiger charge is 2.37. The predicted octanol–water partition coefficient (Wildman–Crippen LogP) is 2.87. The van der Waals surface area contributed by atoms with Gasteiger partial charge in [-0.2, -0.15) is 0 Å². The SMILES string of the molecule is CCOC(=O)C1=C(CN2CCOCC2C(=O)O)NC(c2ccco2)=NC1c1ccc(F)cc1Br. The topological polar surface area (TPSA) is 114 Å². The first-order chi connectivity index (χ1) is 16.4. The molecule has 0 amide bonds. The lowest BCUT2D eigenvalue weighted by Crippen LogP contribution is -2.52. The Morgan fingerprint density at radius 2 is 2.21 bits per heavy atom. The number of hydrogen-bond acceptors (Lipinski definition) is 8. The van der Waals surface area contributed by atoms with Gasteiger partial charge in [-0.3, -0.25) is 14.7 Å². The number of amidine groups is 1. The third kappa shape index (κ3) is 5.06. The zero-order valence-electron chi connectivity index (χ0n) is 18.3. The van der Waals surface area contributed by atoms with Crippen molar-refractivity contribution in [3.05, 3.63) is 69.5 Å². The van der Waals surface area contributed by atoms with Gasteiger partial charge in [-0.1, -0.05) is 22.0 Å². The fraction of sp³-hybridized carbons (Fsp3) is 0.348. The van der Waals surface area contributed by atoms with Crippen LogP contribution in [0, 0.1) is 5.82 Å². The maximum atomic E-state index is 13.8. The van der Waals surface area contributed by atoms with Gasteiger partial charge in [0.05, 0.1) is 31.7 Å². The Kier molecular flexibility index (Phi) is 7.44. The van der Waals surface area contributed by atoms with Crippen LogP contribution in [0.2, 0.25) is 0 Å². The summed E-state index contributed by atoms with van der Waals surface area (Å²) in [6.45, 7) is 2.68. The minimum absolute atomic E-state index is 0.0312. The minimum Gasteiger partial charge on any atom is -0.480 e. The van der Waals surface area contributed by atoms with Crippen molar-refractivity contribution in [1.29, 1.82) is 0 Å². The van der Waals surface area contributed by atoms with Gasteiger partial charge < -0.3 is 24.3 Å². The summed E-state index contributed by atoms with van der Waals surface area (Å²) in [7, 11) is 0. The second-order valence-electron chi connectivity index (χ2n) is 7.66. The van der Waals surface area contributed by atoms with E-state index < -0.39 is 29.8 Å². The number of hydrogen-bond donors (Lipinski definition) is 2. The van der Waals surface area contributed by atoms with Crippen LogP contribution < -0.4 is 5.32 Å². The highest BCUT2D eigenvalue weighted by Crippen LogP contribution is 2.37. The maximum Gasteiger partial charge on any atom is 0.338 e. The fourth-order valence-electron chi connectivity index (χ4n) is 3.91. The van der Waals surface area contributed by atoms with E-state index in [0.29, 0.717) is 40.5 Å². The molecule has 11 heteroatoms. The molecule has 2 unspecified atom stereocenters. The van der Waals surface area contributed by atoms with E-state index in [-0.39, 0.29) is 25.3 Å². The van der Waals surface area contributed by atoms with Crippen LogP contribution in [-0.2, 0) is 19.1 Å². The molecule has 180 valence electrons. The van der Waals surface area contributed by atoms with E-state index in [1.165, 1.54) is 18.4 Å². The molecule has 4 rings (SSSR count). The van der Waals surface area contributed by atoms with Crippen molar-refractivity contribution < 1.29 is 33.0 Å². The summed E-state index contributed by atoms with van der Waals surface area (Å²) in [6, 6.07) is 5.81. The lowest BCUT2D eigenvalue weighted by atomic mass is 9.95. The lowest BCUT2D eigenvalue weighted by molar-refractivity contribution is -0.149. The molecule has 1 fully saturated rings. The van der Waals surface area contributed by atoms with E-state index in [0.717, 1.165) is 0 Å². The van der Waals surface area contributed by atoms with Crippen LogP contribution in [0.25, 0.3) is 0 Å². The molecule has 0 spiro atoms. The van der Waals surface area contributed by atoms with E-state index in [1.807, 2.05) is 0 Å². The number of carbonyl (C=O) groups excluding carboxylic acids is 1. The third-order valence-corrected chi connectivity index (χ3v) is 6.21. The highest BCUT2D eigenvalue weighted by atomic mass is 79.9. The standard InChI is InChI=1S/C23H23BrFN3O6/c1-2-33-23(31)19-16(11-28-7-9-32-12-17(28)22(29)30)26-21(18-4-3-8-34-18)27-20(19)14-6-5-13(25)10-15(14)24/h3-6,8,10,17,20H,2,7,9,11-12H2,1H3,(H,26,27)(H,29,30). The Bertz CT molecular complexity index is 1130. The van der Waals surface area contributed by atoms with Crippen molar-refractivity contribution in [2.75, 3.05) is 32.9 Å². The molecule has 0 radical (unpaired) electrons. The quantitative estimate of drug-likeness (QED) is 0.520.